The molecule has 1 amide bonds. The molecule has 0 unspecified atom stereocenters. The van der Waals surface area contributed by atoms with Crippen LogP contribution in [0.15, 0.2) is 30.3 Å². The lowest BCUT2D eigenvalue weighted by Crippen LogP contribution is -2.29. The largest absolute Gasteiger partial charge is 0.488 e. The molecule has 1 aromatic heterocycles. The molecule has 2 aliphatic rings. The molecule has 1 N–H and O–H groups in total. The number of nitrogens with zero attached hydrogens (tertiary/aromatic N) is 1. The number of likely N-dealkylation sites (tertiary alicyclic amines) is 1. The second-order valence-corrected chi connectivity index (χ2v) is 7.43. The molecule has 0 saturated carbocycles. The first kappa shape index (κ1) is 15.2. The fraction of sp³-hybridized carbons (Fsp3) is 0.333. The smallest absolute Gasteiger partial charge is 0.308 e. The highest BCUT2D eigenvalue weighted by molar-refractivity contribution is 7.17. The number of hydrogen-bond donors (Lipinski definition) is 1. The van der Waals surface area contributed by atoms with Crippen molar-refractivity contribution in [2.24, 2.45) is 11.8 Å². The number of aliphatic carboxylic acids is 1. The summed E-state index contributed by atoms with van der Waals surface area (Å²) in [5, 5.41) is 9.24. The average molecular weight is 343 g/mol. The summed E-state index contributed by atoms with van der Waals surface area (Å²) in [7, 11) is 0. The van der Waals surface area contributed by atoms with Crippen molar-refractivity contribution >= 4 is 23.2 Å². The lowest BCUT2D eigenvalue weighted by atomic mass is 9.99. The van der Waals surface area contributed by atoms with Crippen LogP contribution in [0.25, 0.3) is 10.4 Å². The summed E-state index contributed by atoms with van der Waals surface area (Å²) in [5.41, 5.74) is 2.03. The maximum Gasteiger partial charge on any atom is 0.308 e. The first-order valence-corrected chi connectivity index (χ1v) is 8.73. The third kappa shape index (κ3) is 2.38. The van der Waals surface area contributed by atoms with Crippen molar-refractivity contribution in [2.45, 2.75) is 13.5 Å². The summed E-state index contributed by atoms with van der Waals surface area (Å²) in [6.07, 6.45) is 0. The van der Waals surface area contributed by atoms with E-state index in [4.69, 9.17) is 4.74 Å². The Morgan fingerprint density at radius 2 is 2.08 bits per heavy atom. The van der Waals surface area contributed by atoms with Crippen LogP contribution >= 0.6 is 11.3 Å². The minimum absolute atomic E-state index is 0.0231. The van der Waals surface area contributed by atoms with E-state index in [0.29, 0.717) is 18.0 Å². The Morgan fingerprint density at radius 1 is 1.29 bits per heavy atom. The monoisotopic (exact) mass is 343 g/mol. The zero-order valence-corrected chi connectivity index (χ0v) is 14.0. The Hall–Kier alpha value is -2.34. The number of carbonyl (C=O) groups is 2. The lowest BCUT2D eigenvalue weighted by Gasteiger charge is -2.16. The van der Waals surface area contributed by atoms with Crippen LogP contribution in [-0.2, 0) is 11.4 Å². The highest BCUT2D eigenvalue weighted by Crippen LogP contribution is 2.42. The summed E-state index contributed by atoms with van der Waals surface area (Å²) in [4.78, 5) is 27.4. The predicted octanol–water partition coefficient (Wildman–Crippen LogP) is 3.10. The maximum absolute atomic E-state index is 12.8. The number of ether oxygens (including phenoxy) is 1. The van der Waals surface area contributed by atoms with E-state index in [1.54, 1.807) is 4.90 Å². The molecule has 1 aromatic carbocycles. The summed E-state index contributed by atoms with van der Waals surface area (Å²) < 4.78 is 5.74. The van der Waals surface area contributed by atoms with Crippen LogP contribution in [0.3, 0.4) is 0 Å². The predicted molar refractivity (Wildman–Crippen MR) is 90.3 cm³/mol. The standard InChI is InChI=1S/C18H17NO4S/c1-10-7-19(8-13(10)18(21)22)17(20)15-6-11-9-23-14-5-3-2-4-12(14)16(11)24-15/h2-6,10,13H,7-9H2,1H3,(H,21,22)/t10-,13-/m1/s1. The van der Waals surface area contributed by atoms with Crippen LogP contribution in [0, 0.1) is 11.8 Å². The SMILES string of the molecule is C[C@@H]1CN(C(=O)c2cc3c(s2)-c2ccccc2OC3)C[C@H]1C(=O)O. The van der Waals surface area contributed by atoms with E-state index in [0.717, 1.165) is 21.8 Å². The van der Waals surface area contributed by atoms with E-state index < -0.39 is 11.9 Å². The van der Waals surface area contributed by atoms with Crippen LogP contribution in [-0.4, -0.2) is 35.0 Å². The topological polar surface area (TPSA) is 66.8 Å². The summed E-state index contributed by atoms with van der Waals surface area (Å²) in [6.45, 7) is 3.12. The van der Waals surface area contributed by atoms with Gasteiger partial charge < -0.3 is 14.7 Å². The first-order valence-electron chi connectivity index (χ1n) is 7.91. The molecule has 5 nitrogen and oxygen atoms in total. The molecule has 24 heavy (non-hydrogen) atoms. The Bertz CT molecular complexity index is 828. The summed E-state index contributed by atoms with van der Waals surface area (Å²) in [5.74, 6) is -0.572. The first-order chi connectivity index (χ1) is 11.5. The number of hydrogen-bond acceptors (Lipinski definition) is 4. The Kier molecular flexibility index (Phi) is 3.57. The number of carboxylic acids is 1. The van der Waals surface area contributed by atoms with Gasteiger partial charge in [-0.1, -0.05) is 19.1 Å². The number of carboxylic acid groups (broad SMARTS) is 1. The van der Waals surface area contributed by atoms with E-state index in [1.165, 1.54) is 11.3 Å². The molecule has 2 aliphatic heterocycles. The van der Waals surface area contributed by atoms with E-state index in [9.17, 15) is 14.7 Å². The van der Waals surface area contributed by atoms with Gasteiger partial charge in [0.25, 0.3) is 5.91 Å². The lowest BCUT2D eigenvalue weighted by molar-refractivity contribution is -0.142. The molecular formula is C18H17NO4S. The van der Waals surface area contributed by atoms with Crippen molar-refractivity contribution in [1.29, 1.82) is 0 Å². The van der Waals surface area contributed by atoms with Gasteiger partial charge in [-0.25, -0.2) is 0 Å². The number of carbonyl (C=O) groups excluding carboxylic acids is 1. The van der Waals surface area contributed by atoms with Gasteiger partial charge in [0.2, 0.25) is 0 Å². The van der Waals surface area contributed by atoms with Crippen molar-refractivity contribution in [3.05, 3.63) is 40.8 Å². The normalized spacial score (nSPS) is 21.8. The minimum atomic E-state index is -0.828. The zero-order chi connectivity index (χ0) is 16.8. The van der Waals surface area contributed by atoms with Gasteiger partial charge in [-0.2, -0.15) is 0 Å². The molecule has 3 heterocycles. The molecule has 1 fully saturated rings. The van der Waals surface area contributed by atoms with Crippen molar-refractivity contribution in [3.8, 4) is 16.2 Å². The number of para-hydroxylation sites is 1. The van der Waals surface area contributed by atoms with Gasteiger partial charge in [-0.3, -0.25) is 9.59 Å². The van der Waals surface area contributed by atoms with Crippen LogP contribution in [0.4, 0.5) is 0 Å². The summed E-state index contributed by atoms with van der Waals surface area (Å²) >= 11 is 1.47. The second kappa shape index (κ2) is 5.63. The maximum atomic E-state index is 12.8. The van der Waals surface area contributed by atoms with Crippen molar-refractivity contribution in [1.82, 2.24) is 4.90 Å². The third-order valence-corrected chi connectivity index (χ3v) is 5.95. The number of thiophene rings is 1. The molecule has 124 valence electrons. The highest BCUT2D eigenvalue weighted by Gasteiger charge is 2.38. The number of fused-ring (bicyclic) bond motifs is 3. The number of benzene rings is 1. The average Bonchev–Trinajstić information content (AvgIpc) is 3.18. The Balaban J connectivity index is 1.62. The molecule has 0 aliphatic carbocycles. The molecule has 1 saturated heterocycles. The van der Waals surface area contributed by atoms with Crippen LogP contribution in [0.1, 0.15) is 22.2 Å². The molecule has 0 radical (unpaired) electrons. The minimum Gasteiger partial charge on any atom is -0.488 e. The second-order valence-electron chi connectivity index (χ2n) is 6.38. The molecule has 6 heteroatoms. The van der Waals surface area contributed by atoms with Crippen LogP contribution in [0.5, 0.6) is 5.75 Å². The highest BCUT2D eigenvalue weighted by atomic mass is 32.1. The molecule has 2 aromatic rings. The van der Waals surface area contributed by atoms with E-state index in [2.05, 4.69) is 0 Å². The van der Waals surface area contributed by atoms with Gasteiger partial charge in [0, 0.05) is 29.1 Å². The quantitative estimate of drug-likeness (QED) is 0.910. The van der Waals surface area contributed by atoms with Gasteiger partial charge >= 0.3 is 5.97 Å². The number of rotatable bonds is 2. The van der Waals surface area contributed by atoms with Crippen LogP contribution in [0.2, 0.25) is 0 Å². The molecule has 4 rings (SSSR count). The van der Waals surface area contributed by atoms with Gasteiger partial charge in [0.15, 0.2) is 0 Å². The van der Waals surface area contributed by atoms with Gasteiger partial charge in [0.1, 0.15) is 12.4 Å². The Morgan fingerprint density at radius 3 is 2.83 bits per heavy atom. The molecule has 0 spiro atoms. The van der Waals surface area contributed by atoms with Gasteiger partial charge in [0.05, 0.1) is 10.8 Å². The fourth-order valence-electron chi connectivity index (χ4n) is 3.41. The zero-order valence-electron chi connectivity index (χ0n) is 13.2. The fourth-order valence-corrected chi connectivity index (χ4v) is 4.58. The van der Waals surface area contributed by atoms with Gasteiger partial charge in [-0.15, -0.1) is 11.3 Å². The van der Waals surface area contributed by atoms with Gasteiger partial charge in [-0.05, 0) is 24.1 Å². The Labute approximate surface area is 143 Å². The summed E-state index contributed by atoms with van der Waals surface area (Å²) in [6, 6.07) is 9.70. The van der Waals surface area contributed by atoms with Crippen molar-refractivity contribution in [2.75, 3.05) is 13.1 Å². The van der Waals surface area contributed by atoms with E-state index in [1.807, 2.05) is 37.3 Å². The van der Waals surface area contributed by atoms with Crippen molar-refractivity contribution in [3.63, 3.8) is 0 Å². The van der Waals surface area contributed by atoms with Crippen LogP contribution < -0.4 is 4.74 Å². The third-order valence-electron chi connectivity index (χ3n) is 4.75. The molecule has 2 atom stereocenters. The van der Waals surface area contributed by atoms with Crippen molar-refractivity contribution < 1.29 is 19.4 Å². The molecule has 0 bridgehead atoms. The molecular weight excluding hydrogens is 326 g/mol. The van der Waals surface area contributed by atoms with E-state index in [-0.39, 0.29) is 18.4 Å². The number of amides is 1. The van der Waals surface area contributed by atoms with E-state index >= 15 is 0 Å².